The van der Waals surface area contributed by atoms with Crippen molar-refractivity contribution >= 4 is 17.2 Å². The minimum Gasteiger partial charge on any atom is -0.497 e. The molecule has 0 saturated heterocycles. The van der Waals surface area contributed by atoms with Crippen molar-refractivity contribution < 1.29 is 9.53 Å². The number of hydrogen-bond acceptors (Lipinski definition) is 3. The average Bonchev–Trinajstić information content (AvgIpc) is 3.00. The summed E-state index contributed by atoms with van der Waals surface area (Å²) in [6, 6.07) is 9.78. The van der Waals surface area contributed by atoms with Crippen LogP contribution in [0.2, 0.25) is 0 Å². The first-order valence-electron chi connectivity index (χ1n) is 7.14. The van der Waals surface area contributed by atoms with Gasteiger partial charge in [-0.05, 0) is 46.5 Å². The third kappa shape index (κ3) is 4.60. The summed E-state index contributed by atoms with van der Waals surface area (Å²) in [6.07, 6.45) is 1.38. The standard InChI is InChI=1S/C17H21NO2S/c1-3-8-18(12-15-7-9-21-13-15)17(19)11-14-5-4-6-16(10-14)20-2/h4-7,9-10,13H,3,8,11-12H2,1-2H3. The number of amides is 1. The average molecular weight is 303 g/mol. The third-order valence-corrected chi connectivity index (χ3v) is 4.02. The molecule has 0 bridgehead atoms. The van der Waals surface area contributed by atoms with Crippen molar-refractivity contribution in [2.24, 2.45) is 0 Å². The molecular weight excluding hydrogens is 282 g/mol. The summed E-state index contributed by atoms with van der Waals surface area (Å²) in [7, 11) is 1.64. The zero-order valence-corrected chi connectivity index (χ0v) is 13.4. The summed E-state index contributed by atoms with van der Waals surface area (Å²) < 4.78 is 5.21. The van der Waals surface area contributed by atoms with Crippen LogP contribution >= 0.6 is 11.3 Å². The molecule has 1 amide bonds. The number of benzene rings is 1. The molecule has 0 aliphatic rings. The third-order valence-electron chi connectivity index (χ3n) is 3.29. The van der Waals surface area contributed by atoms with E-state index >= 15 is 0 Å². The molecule has 0 fully saturated rings. The van der Waals surface area contributed by atoms with Gasteiger partial charge in [-0.25, -0.2) is 0 Å². The number of carbonyl (C=O) groups excluding carboxylic acids is 1. The fraction of sp³-hybridized carbons (Fsp3) is 0.353. The molecule has 2 aromatic rings. The quantitative estimate of drug-likeness (QED) is 0.780. The molecule has 1 aromatic heterocycles. The normalized spacial score (nSPS) is 10.4. The molecule has 1 heterocycles. The minimum atomic E-state index is 0.163. The van der Waals surface area contributed by atoms with Gasteiger partial charge in [-0.15, -0.1) is 0 Å². The molecule has 21 heavy (non-hydrogen) atoms. The Hall–Kier alpha value is -1.81. The maximum Gasteiger partial charge on any atom is 0.227 e. The van der Waals surface area contributed by atoms with E-state index in [0.717, 1.165) is 24.3 Å². The Morgan fingerprint density at radius 2 is 2.14 bits per heavy atom. The van der Waals surface area contributed by atoms with Gasteiger partial charge in [0.1, 0.15) is 5.75 Å². The topological polar surface area (TPSA) is 29.5 Å². The molecule has 0 aliphatic carbocycles. The van der Waals surface area contributed by atoms with Gasteiger partial charge in [-0.2, -0.15) is 11.3 Å². The molecule has 0 radical (unpaired) electrons. The summed E-state index contributed by atoms with van der Waals surface area (Å²) in [5.74, 6) is 0.955. The Morgan fingerprint density at radius 1 is 1.29 bits per heavy atom. The summed E-state index contributed by atoms with van der Waals surface area (Å²) in [5.41, 5.74) is 2.19. The molecule has 0 spiro atoms. The van der Waals surface area contributed by atoms with Crippen molar-refractivity contribution in [3.63, 3.8) is 0 Å². The molecule has 0 aliphatic heterocycles. The molecule has 3 nitrogen and oxygen atoms in total. The second kappa shape index (κ2) is 7.84. The Kier molecular flexibility index (Phi) is 5.81. The zero-order chi connectivity index (χ0) is 15.1. The number of methoxy groups -OCH3 is 1. The van der Waals surface area contributed by atoms with E-state index in [2.05, 4.69) is 18.4 Å². The van der Waals surface area contributed by atoms with E-state index in [9.17, 15) is 4.79 Å². The molecule has 112 valence electrons. The number of carbonyl (C=O) groups is 1. The highest BCUT2D eigenvalue weighted by Gasteiger charge is 2.14. The number of ether oxygens (including phenoxy) is 1. The number of nitrogens with zero attached hydrogens (tertiary/aromatic N) is 1. The number of hydrogen-bond donors (Lipinski definition) is 0. The minimum absolute atomic E-state index is 0.163. The lowest BCUT2D eigenvalue weighted by Crippen LogP contribution is -2.32. The van der Waals surface area contributed by atoms with Crippen molar-refractivity contribution in [1.29, 1.82) is 0 Å². The van der Waals surface area contributed by atoms with Crippen molar-refractivity contribution in [3.8, 4) is 5.75 Å². The fourth-order valence-corrected chi connectivity index (χ4v) is 2.89. The van der Waals surface area contributed by atoms with Crippen LogP contribution in [-0.4, -0.2) is 24.5 Å². The van der Waals surface area contributed by atoms with Crippen LogP contribution in [0.5, 0.6) is 5.75 Å². The number of thiophene rings is 1. The van der Waals surface area contributed by atoms with E-state index in [1.54, 1.807) is 18.4 Å². The van der Waals surface area contributed by atoms with E-state index < -0.39 is 0 Å². The lowest BCUT2D eigenvalue weighted by molar-refractivity contribution is -0.131. The highest BCUT2D eigenvalue weighted by Crippen LogP contribution is 2.15. The first-order chi connectivity index (χ1) is 10.2. The predicted molar refractivity (Wildman–Crippen MR) is 86.7 cm³/mol. The van der Waals surface area contributed by atoms with Gasteiger partial charge in [0.2, 0.25) is 5.91 Å². The molecule has 2 rings (SSSR count). The Balaban J connectivity index is 2.03. The van der Waals surface area contributed by atoms with Crippen LogP contribution in [0.1, 0.15) is 24.5 Å². The molecular formula is C17H21NO2S. The van der Waals surface area contributed by atoms with E-state index in [1.807, 2.05) is 34.5 Å². The van der Waals surface area contributed by atoms with Gasteiger partial charge in [0.15, 0.2) is 0 Å². The fourth-order valence-electron chi connectivity index (χ4n) is 2.23. The molecule has 1 aromatic carbocycles. The first-order valence-corrected chi connectivity index (χ1v) is 8.09. The molecule has 0 unspecified atom stereocenters. The summed E-state index contributed by atoms with van der Waals surface area (Å²) >= 11 is 1.67. The molecule has 4 heteroatoms. The predicted octanol–water partition coefficient (Wildman–Crippen LogP) is 3.74. The highest BCUT2D eigenvalue weighted by molar-refractivity contribution is 7.07. The van der Waals surface area contributed by atoms with Crippen molar-refractivity contribution in [2.45, 2.75) is 26.3 Å². The second-order valence-corrected chi connectivity index (χ2v) is 5.76. The molecule has 0 atom stereocenters. The maximum absolute atomic E-state index is 12.5. The maximum atomic E-state index is 12.5. The number of rotatable bonds is 7. The van der Waals surface area contributed by atoms with E-state index in [1.165, 1.54) is 5.56 Å². The summed E-state index contributed by atoms with van der Waals surface area (Å²) in [6.45, 7) is 3.58. The lowest BCUT2D eigenvalue weighted by Gasteiger charge is -2.22. The van der Waals surface area contributed by atoms with Crippen LogP contribution < -0.4 is 4.74 Å². The lowest BCUT2D eigenvalue weighted by atomic mass is 10.1. The van der Waals surface area contributed by atoms with Crippen molar-refractivity contribution in [1.82, 2.24) is 4.90 Å². The Morgan fingerprint density at radius 3 is 2.81 bits per heavy atom. The van der Waals surface area contributed by atoms with Crippen LogP contribution in [-0.2, 0) is 17.8 Å². The van der Waals surface area contributed by atoms with Crippen molar-refractivity contribution in [2.75, 3.05) is 13.7 Å². The van der Waals surface area contributed by atoms with Crippen LogP contribution in [0, 0.1) is 0 Å². The largest absolute Gasteiger partial charge is 0.497 e. The zero-order valence-electron chi connectivity index (χ0n) is 12.5. The monoisotopic (exact) mass is 303 g/mol. The van der Waals surface area contributed by atoms with Crippen LogP contribution in [0.25, 0.3) is 0 Å². The van der Waals surface area contributed by atoms with Gasteiger partial charge in [-0.3, -0.25) is 4.79 Å². The van der Waals surface area contributed by atoms with E-state index in [0.29, 0.717) is 13.0 Å². The van der Waals surface area contributed by atoms with Crippen LogP contribution in [0.4, 0.5) is 0 Å². The van der Waals surface area contributed by atoms with E-state index in [4.69, 9.17) is 4.74 Å². The van der Waals surface area contributed by atoms with Crippen LogP contribution in [0.3, 0.4) is 0 Å². The van der Waals surface area contributed by atoms with Gasteiger partial charge in [0.05, 0.1) is 13.5 Å². The highest BCUT2D eigenvalue weighted by atomic mass is 32.1. The summed E-state index contributed by atoms with van der Waals surface area (Å²) in [5, 5.41) is 4.15. The van der Waals surface area contributed by atoms with Gasteiger partial charge in [0, 0.05) is 13.1 Å². The smallest absolute Gasteiger partial charge is 0.227 e. The van der Waals surface area contributed by atoms with Crippen LogP contribution in [0.15, 0.2) is 41.1 Å². The second-order valence-electron chi connectivity index (χ2n) is 4.98. The van der Waals surface area contributed by atoms with Gasteiger partial charge in [-0.1, -0.05) is 19.1 Å². The van der Waals surface area contributed by atoms with Crippen molar-refractivity contribution in [3.05, 3.63) is 52.2 Å². The summed E-state index contributed by atoms with van der Waals surface area (Å²) in [4.78, 5) is 14.4. The first kappa shape index (κ1) is 15.6. The van der Waals surface area contributed by atoms with Gasteiger partial charge < -0.3 is 9.64 Å². The molecule has 0 N–H and O–H groups in total. The Bertz CT molecular complexity index is 566. The SMILES string of the molecule is CCCN(Cc1ccsc1)C(=O)Cc1cccc(OC)c1. The van der Waals surface area contributed by atoms with Gasteiger partial charge in [0.25, 0.3) is 0 Å². The molecule has 0 saturated carbocycles. The van der Waals surface area contributed by atoms with Gasteiger partial charge >= 0.3 is 0 Å². The Labute approximate surface area is 130 Å². The van der Waals surface area contributed by atoms with E-state index in [-0.39, 0.29) is 5.91 Å².